The van der Waals surface area contributed by atoms with Gasteiger partial charge in [-0.25, -0.2) is 0 Å². The second-order valence-electron chi connectivity index (χ2n) is 10.6. The first-order valence-corrected chi connectivity index (χ1v) is 15.7. The maximum absolute atomic E-state index is 12.4. The van der Waals surface area contributed by atoms with E-state index in [-0.39, 0.29) is 0 Å². The number of esters is 7. The van der Waals surface area contributed by atoms with Gasteiger partial charge >= 0.3 is 41.8 Å². The summed E-state index contributed by atoms with van der Waals surface area (Å²) in [5, 5.41) is 8.03. The number of carbonyl (C=O) groups is 7. The van der Waals surface area contributed by atoms with Gasteiger partial charge in [0.05, 0.1) is 0 Å². The number of ether oxygens (including phenoxy) is 11. The van der Waals surface area contributed by atoms with Gasteiger partial charge in [-0.3, -0.25) is 39.0 Å². The van der Waals surface area contributed by atoms with Gasteiger partial charge in [0.15, 0.2) is 30.7 Å². The minimum absolute atomic E-state index is 0.617. The molecule has 2 heterocycles. The van der Waals surface area contributed by atoms with E-state index < -0.39 is 126 Å². The van der Waals surface area contributed by atoms with E-state index in [2.05, 4.69) is 0 Å². The van der Waals surface area contributed by atoms with Crippen LogP contribution in [-0.2, 0) is 85.7 Å². The van der Waals surface area contributed by atoms with Crippen LogP contribution < -0.4 is 0 Å². The molecule has 0 aromatic carbocycles. The highest BCUT2D eigenvalue weighted by Gasteiger charge is 2.58. The van der Waals surface area contributed by atoms with Crippen molar-refractivity contribution in [1.82, 2.24) is 0 Å². The molecule has 0 radical (unpaired) electrons. The summed E-state index contributed by atoms with van der Waals surface area (Å²) in [6.07, 6.45) is -17.0. The van der Waals surface area contributed by atoms with Gasteiger partial charge < -0.3 is 52.1 Å². The van der Waals surface area contributed by atoms with Gasteiger partial charge in [0, 0.05) is 48.5 Å². The average Bonchev–Trinajstić information content (AvgIpc) is 2.95. The van der Waals surface area contributed by atoms with Gasteiger partial charge in [0.1, 0.15) is 31.5 Å². The molecule has 0 aromatic rings. The number of hydrogen-bond acceptors (Lipinski definition) is 19. The van der Waals surface area contributed by atoms with Crippen LogP contribution in [0.5, 0.6) is 0 Å². The Labute approximate surface area is 300 Å². The van der Waals surface area contributed by atoms with E-state index in [0.29, 0.717) is 0 Å². The Kier molecular flexibility index (Phi) is 15.9. The van der Waals surface area contributed by atoms with E-state index in [0.717, 1.165) is 48.5 Å². The van der Waals surface area contributed by atoms with Crippen LogP contribution in [0.15, 0.2) is 0 Å². The molecule has 2 saturated heterocycles. The highest BCUT2D eigenvalue weighted by atomic mass is 35.6. The van der Waals surface area contributed by atoms with E-state index in [1.165, 1.54) is 0 Å². The van der Waals surface area contributed by atoms with E-state index in [4.69, 9.17) is 92.3 Å². The van der Waals surface area contributed by atoms with Gasteiger partial charge in [0.25, 0.3) is 3.79 Å². The molecule has 0 bridgehead atoms. The molecule has 1 N–H and O–H groups in total. The Bertz CT molecular complexity index is 1310. The Morgan fingerprint density at radius 2 is 0.840 bits per heavy atom. The summed E-state index contributed by atoms with van der Waals surface area (Å²) in [6.45, 7) is 5.79. The SMILES string of the molecule is CC(=O)OC[C@H]1O[C@@H](O[C@H]2[C@H](OC(C)=O)[C@@H](OC(C)=O)[C@@H](OC(=N)C(Cl)(Cl)Cl)O[C@@H]2COC(C)=O)[C@H](OC(C)=O)[C@@H](OC(C)=O)[C@@H]1OC(C)=O. The van der Waals surface area contributed by atoms with E-state index >= 15 is 0 Å². The molecule has 0 amide bonds. The summed E-state index contributed by atoms with van der Waals surface area (Å²) >= 11 is 17.3. The second-order valence-corrected chi connectivity index (χ2v) is 12.9. The summed E-state index contributed by atoms with van der Waals surface area (Å²) in [5.74, 6) is -7.37. The van der Waals surface area contributed by atoms with Crippen molar-refractivity contribution in [2.45, 2.75) is 114 Å². The van der Waals surface area contributed by atoms with Crippen molar-refractivity contribution in [3.8, 4) is 0 Å². The summed E-state index contributed by atoms with van der Waals surface area (Å²) in [5.41, 5.74) is 0. The van der Waals surface area contributed by atoms with Gasteiger partial charge in [0.2, 0.25) is 18.3 Å². The van der Waals surface area contributed by atoms with Crippen molar-refractivity contribution >= 4 is 82.5 Å². The molecule has 22 heteroatoms. The molecular weight excluding hydrogens is 745 g/mol. The number of hydrogen-bond donors (Lipinski definition) is 1. The Morgan fingerprint density at radius 3 is 1.24 bits per heavy atom. The molecule has 282 valence electrons. The fourth-order valence-electron chi connectivity index (χ4n) is 4.75. The minimum atomic E-state index is -2.45. The monoisotopic (exact) mass is 779 g/mol. The number of nitrogens with one attached hydrogen (secondary N) is 1. The standard InChI is InChI=1S/C28H36Cl3NO18/c1-10(33)40-8-17-19(42-12(3)35)21(43-13(4)36)23(45-15(6)38)25(47-17)49-20-18(9-41-11(2)34)48-26(50-27(32)28(29,30)31)24(46-16(7)39)22(20)44-14(5)37/h17-26,32H,8-9H2,1-7H3/t17-,18-,19-,20-,21+,22+,23-,24-,25+,26-/m1/s1. The van der Waals surface area contributed by atoms with Gasteiger partial charge in [-0.2, -0.15) is 0 Å². The lowest BCUT2D eigenvalue weighted by Crippen LogP contribution is -2.67. The molecule has 19 nitrogen and oxygen atoms in total. The largest absolute Gasteiger partial charge is 0.463 e. The second kappa shape index (κ2) is 18.7. The van der Waals surface area contributed by atoms with Crippen molar-refractivity contribution in [2.24, 2.45) is 0 Å². The maximum atomic E-state index is 12.4. The van der Waals surface area contributed by atoms with E-state index in [1.54, 1.807) is 0 Å². The molecule has 2 aliphatic rings. The van der Waals surface area contributed by atoms with Crippen molar-refractivity contribution in [2.75, 3.05) is 13.2 Å². The van der Waals surface area contributed by atoms with Crippen molar-refractivity contribution in [1.29, 1.82) is 5.41 Å². The summed E-state index contributed by atoms with van der Waals surface area (Å²) < 4.78 is 58.1. The Hall–Kier alpha value is -3.49. The van der Waals surface area contributed by atoms with Crippen LogP contribution >= 0.6 is 34.8 Å². The van der Waals surface area contributed by atoms with Gasteiger partial charge in [-0.15, -0.1) is 0 Å². The molecule has 0 saturated carbocycles. The molecule has 0 spiro atoms. The lowest BCUT2D eigenvalue weighted by molar-refractivity contribution is -0.355. The smallest absolute Gasteiger partial charge is 0.303 e. The Balaban J connectivity index is 2.77. The summed E-state index contributed by atoms with van der Waals surface area (Å²) in [6, 6.07) is 0. The van der Waals surface area contributed by atoms with Gasteiger partial charge in [-0.05, 0) is 0 Å². The highest BCUT2D eigenvalue weighted by molar-refractivity contribution is 6.76. The van der Waals surface area contributed by atoms with Crippen LogP contribution in [-0.4, -0.2) is 126 Å². The zero-order valence-electron chi connectivity index (χ0n) is 27.7. The molecule has 10 atom stereocenters. The lowest BCUT2D eigenvalue weighted by Gasteiger charge is -2.48. The molecule has 0 unspecified atom stereocenters. The number of carbonyl (C=O) groups excluding carboxylic acids is 7. The number of halogens is 3. The van der Waals surface area contributed by atoms with Crippen molar-refractivity contribution in [3.05, 3.63) is 0 Å². The predicted molar refractivity (Wildman–Crippen MR) is 162 cm³/mol. The number of rotatable bonds is 12. The molecule has 0 aromatic heterocycles. The topological polar surface area (TPSA) is 245 Å². The molecule has 2 fully saturated rings. The lowest BCUT2D eigenvalue weighted by atomic mass is 9.96. The Morgan fingerprint density at radius 1 is 0.500 bits per heavy atom. The third-order valence-corrected chi connectivity index (χ3v) is 6.89. The predicted octanol–water partition coefficient (Wildman–Crippen LogP) is 0.970. The molecule has 0 aliphatic carbocycles. The molecule has 2 aliphatic heterocycles. The van der Waals surface area contributed by atoms with Crippen LogP contribution in [0.3, 0.4) is 0 Å². The fraction of sp³-hybridized carbons (Fsp3) is 0.714. The zero-order chi connectivity index (χ0) is 38.1. The first kappa shape index (κ1) is 42.7. The third-order valence-electron chi connectivity index (χ3n) is 6.38. The van der Waals surface area contributed by atoms with Crippen LogP contribution in [0.1, 0.15) is 48.5 Å². The molecule has 50 heavy (non-hydrogen) atoms. The third kappa shape index (κ3) is 13.0. The van der Waals surface area contributed by atoms with Crippen LogP contribution in [0.25, 0.3) is 0 Å². The maximum Gasteiger partial charge on any atom is 0.303 e. The quantitative estimate of drug-likeness (QED) is 0.0953. The van der Waals surface area contributed by atoms with Crippen LogP contribution in [0.4, 0.5) is 0 Å². The van der Waals surface area contributed by atoms with Gasteiger partial charge in [-0.1, -0.05) is 34.8 Å². The van der Waals surface area contributed by atoms with Crippen LogP contribution in [0.2, 0.25) is 0 Å². The normalized spacial score (nSPS) is 29.3. The molecular formula is C28H36Cl3NO18. The van der Waals surface area contributed by atoms with Crippen molar-refractivity contribution < 1.29 is 85.7 Å². The first-order chi connectivity index (χ1) is 23.1. The van der Waals surface area contributed by atoms with Crippen LogP contribution in [0, 0.1) is 5.41 Å². The summed E-state index contributed by atoms with van der Waals surface area (Å²) in [4.78, 5) is 84.9. The van der Waals surface area contributed by atoms with E-state index in [1.807, 2.05) is 0 Å². The van der Waals surface area contributed by atoms with E-state index in [9.17, 15) is 33.6 Å². The minimum Gasteiger partial charge on any atom is -0.463 e. The fourth-order valence-corrected chi connectivity index (χ4v) is 4.88. The summed E-state index contributed by atoms with van der Waals surface area (Å²) in [7, 11) is 0. The molecule has 2 rings (SSSR count). The first-order valence-electron chi connectivity index (χ1n) is 14.5. The average molecular weight is 781 g/mol. The van der Waals surface area contributed by atoms with Crippen molar-refractivity contribution in [3.63, 3.8) is 0 Å². The number of alkyl halides is 3. The zero-order valence-corrected chi connectivity index (χ0v) is 29.9. The highest BCUT2D eigenvalue weighted by Crippen LogP contribution is 2.37.